The summed E-state index contributed by atoms with van der Waals surface area (Å²) >= 11 is 0. The van der Waals surface area contributed by atoms with Gasteiger partial charge in [-0.25, -0.2) is 4.79 Å². The van der Waals surface area contributed by atoms with Gasteiger partial charge in [0.2, 0.25) is 11.7 Å². The van der Waals surface area contributed by atoms with Gasteiger partial charge in [0, 0.05) is 18.9 Å². The van der Waals surface area contributed by atoms with E-state index >= 15 is 0 Å². The third-order valence-electron chi connectivity index (χ3n) is 7.51. The second-order valence-electron chi connectivity index (χ2n) is 10.7. The Balaban J connectivity index is 1.53. The standard InChI is InChI=1S/C32H42N2O6/c1-4-39-29(35)21-40-27-16-10-23(11-17-27)18-19-33-32(38)30(36)28(20-24-8-6-5-7-9-24)34-31(37)26-14-12-25(13-15-26)22(2)3/h5-11,16-17,22,25-26,28H,4,12-15,18-21H2,1-3H3,(H,33,38)(H,34,37). The lowest BCUT2D eigenvalue weighted by Gasteiger charge is -2.31. The third kappa shape index (κ3) is 9.81. The van der Waals surface area contributed by atoms with Crippen molar-refractivity contribution in [2.75, 3.05) is 19.8 Å². The summed E-state index contributed by atoms with van der Waals surface area (Å²) in [5.41, 5.74) is 1.81. The number of esters is 1. The lowest BCUT2D eigenvalue weighted by molar-refractivity contribution is -0.145. The van der Waals surface area contributed by atoms with Gasteiger partial charge < -0.3 is 20.1 Å². The Hall–Kier alpha value is -3.68. The van der Waals surface area contributed by atoms with E-state index in [1.165, 1.54) is 0 Å². The molecule has 0 aliphatic heterocycles. The van der Waals surface area contributed by atoms with Crippen LogP contribution >= 0.6 is 0 Å². The molecule has 1 fully saturated rings. The first-order chi connectivity index (χ1) is 19.3. The Kier molecular flexibility index (Phi) is 12.2. The van der Waals surface area contributed by atoms with E-state index < -0.39 is 23.7 Å². The molecule has 0 saturated heterocycles. The van der Waals surface area contributed by atoms with Crippen LogP contribution < -0.4 is 15.4 Å². The maximum atomic E-state index is 13.2. The first-order valence-corrected chi connectivity index (χ1v) is 14.3. The number of amides is 2. The fourth-order valence-electron chi connectivity index (χ4n) is 5.06. The fraction of sp³-hybridized carbons (Fsp3) is 0.500. The molecule has 40 heavy (non-hydrogen) atoms. The van der Waals surface area contributed by atoms with Gasteiger partial charge >= 0.3 is 5.97 Å². The maximum absolute atomic E-state index is 13.2. The van der Waals surface area contributed by atoms with E-state index in [0.717, 1.165) is 36.8 Å². The smallest absolute Gasteiger partial charge is 0.344 e. The highest BCUT2D eigenvalue weighted by Crippen LogP contribution is 2.33. The molecule has 1 aliphatic rings. The Morgan fingerprint density at radius 3 is 2.20 bits per heavy atom. The molecule has 216 valence electrons. The van der Waals surface area contributed by atoms with Crippen molar-refractivity contribution in [3.8, 4) is 5.75 Å². The largest absolute Gasteiger partial charge is 0.482 e. The second kappa shape index (κ2) is 15.8. The summed E-state index contributed by atoms with van der Waals surface area (Å²) < 4.78 is 10.2. The quantitative estimate of drug-likeness (QED) is 0.271. The zero-order valence-electron chi connectivity index (χ0n) is 23.8. The summed E-state index contributed by atoms with van der Waals surface area (Å²) in [6.45, 7) is 6.57. The zero-order chi connectivity index (χ0) is 28.9. The van der Waals surface area contributed by atoms with Crippen LogP contribution in [0.15, 0.2) is 54.6 Å². The van der Waals surface area contributed by atoms with E-state index in [2.05, 4.69) is 24.5 Å². The van der Waals surface area contributed by atoms with Gasteiger partial charge in [-0.1, -0.05) is 56.3 Å². The molecule has 0 spiro atoms. The van der Waals surface area contributed by atoms with Crippen LogP contribution in [-0.4, -0.2) is 49.4 Å². The van der Waals surface area contributed by atoms with Crippen LogP contribution in [-0.2, 0) is 36.8 Å². The van der Waals surface area contributed by atoms with Crippen molar-refractivity contribution >= 4 is 23.6 Å². The third-order valence-corrected chi connectivity index (χ3v) is 7.51. The van der Waals surface area contributed by atoms with Crippen LogP contribution in [0.3, 0.4) is 0 Å². The van der Waals surface area contributed by atoms with E-state index in [1.807, 2.05) is 42.5 Å². The van der Waals surface area contributed by atoms with Crippen molar-refractivity contribution in [1.82, 2.24) is 10.6 Å². The van der Waals surface area contributed by atoms with Gasteiger partial charge in [0.1, 0.15) is 11.8 Å². The summed E-state index contributed by atoms with van der Waals surface area (Å²) in [6, 6.07) is 15.6. The van der Waals surface area contributed by atoms with E-state index in [9.17, 15) is 19.2 Å². The van der Waals surface area contributed by atoms with Crippen molar-refractivity contribution < 1.29 is 28.7 Å². The molecule has 0 radical (unpaired) electrons. The van der Waals surface area contributed by atoms with Gasteiger partial charge in [-0.2, -0.15) is 0 Å². The lowest BCUT2D eigenvalue weighted by Crippen LogP contribution is -2.50. The average molecular weight is 551 g/mol. The van der Waals surface area contributed by atoms with Crippen LogP contribution in [0.2, 0.25) is 0 Å². The van der Waals surface area contributed by atoms with Crippen LogP contribution in [0.1, 0.15) is 57.6 Å². The monoisotopic (exact) mass is 550 g/mol. The maximum Gasteiger partial charge on any atom is 0.344 e. The molecule has 0 heterocycles. The average Bonchev–Trinajstić information content (AvgIpc) is 2.96. The lowest BCUT2D eigenvalue weighted by atomic mass is 9.76. The molecule has 2 amide bonds. The normalized spacial score (nSPS) is 17.5. The molecule has 8 nitrogen and oxygen atoms in total. The van der Waals surface area contributed by atoms with E-state index in [0.29, 0.717) is 30.6 Å². The number of hydrogen-bond acceptors (Lipinski definition) is 6. The highest BCUT2D eigenvalue weighted by molar-refractivity contribution is 6.38. The van der Waals surface area contributed by atoms with E-state index in [-0.39, 0.29) is 31.4 Å². The minimum atomic E-state index is -0.923. The number of nitrogens with one attached hydrogen (secondary N) is 2. The zero-order valence-corrected chi connectivity index (χ0v) is 23.8. The fourth-order valence-corrected chi connectivity index (χ4v) is 5.06. The molecule has 1 atom stereocenters. The van der Waals surface area contributed by atoms with Crippen LogP contribution in [0, 0.1) is 17.8 Å². The molecule has 3 rings (SSSR count). The van der Waals surface area contributed by atoms with E-state index in [1.54, 1.807) is 19.1 Å². The van der Waals surface area contributed by atoms with Crippen molar-refractivity contribution in [3.05, 3.63) is 65.7 Å². The topological polar surface area (TPSA) is 111 Å². The van der Waals surface area contributed by atoms with Crippen molar-refractivity contribution in [2.45, 2.75) is 65.3 Å². The number of benzene rings is 2. The SMILES string of the molecule is CCOC(=O)COc1ccc(CCNC(=O)C(=O)C(Cc2ccccc2)NC(=O)C2CCC(C(C)C)CC2)cc1. The molecule has 1 saturated carbocycles. The van der Waals surface area contributed by atoms with Crippen molar-refractivity contribution in [1.29, 1.82) is 0 Å². The van der Waals surface area contributed by atoms with Crippen molar-refractivity contribution in [3.63, 3.8) is 0 Å². The predicted molar refractivity (Wildman–Crippen MR) is 153 cm³/mol. The first-order valence-electron chi connectivity index (χ1n) is 14.3. The highest BCUT2D eigenvalue weighted by atomic mass is 16.6. The molecule has 2 N–H and O–H groups in total. The van der Waals surface area contributed by atoms with Gasteiger partial charge in [-0.05, 0) is 74.1 Å². The second-order valence-corrected chi connectivity index (χ2v) is 10.7. The molecule has 2 aromatic rings. The molecule has 1 unspecified atom stereocenters. The molecule has 1 aliphatic carbocycles. The first kappa shape index (κ1) is 30.9. The number of carbonyl (C=O) groups is 4. The van der Waals surface area contributed by atoms with Gasteiger partial charge in [0.05, 0.1) is 6.61 Å². The molecular formula is C32H42N2O6. The Bertz CT molecular complexity index is 1110. The van der Waals surface area contributed by atoms with Gasteiger partial charge in [-0.3, -0.25) is 14.4 Å². The number of Topliss-reactive ketones (excluding diaryl/α,β-unsaturated/α-hetero) is 1. The van der Waals surface area contributed by atoms with E-state index in [4.69, 9.17) is 9.47 Å². The molecule has 2 aromatic carbocycles. The van der Waals surface area contributed by atoms with Crippen molar-refractivity contribution in [2.24, 2.45) is 17.8 Å². The minimum absolute atomic E-state index is 0.131. The molecular weight excluding hydrogens is 508 g/mol. The molecule has 0 aromatic heterocycles. The van der Waals surface area contributed by atoms with Gasteiger partial charge in [0.25, 0.3) is 5.91 Å². The Morgan fingerprint density at radius 2 is 1.57 bits per heavy atom. The molecule has 0 bridgehead atoms. The number of hydrogen-bond donors (Lipinski definition) is 2. The number of rotatable bonds is 14. The number of ketones is 1. The number of ether oxygens (including phenoxy) is 2. The summed E-state index contributed by atoms with van der Waals surface area (Å²) in [7, 11) is 0. The summed E-state index contributed by atoms with van der Waals surface area (Å²) in [6.07, 6.45) is 4.39. The minimum Gasteiger partial charge on any atom is -0.482 e. The predicted octanol–water partition coefficient (Wildman–Crippen LogP) is 4.05. The van der Waals surface area contributed by atoms with Crippen LogP contribution in [0.4, 0.5) is 0 Å². The van der Waals surface area contributed by atoms with Gasteiger partial charge in [-0.15, -0.1) is 0 Å². The summed E-state index contributed by atoms with van der Waals surface area (Å²) in [5, 5.41) is 5.61. The van der Waals surface area contributed by atoms with Crippen LogP contribution in [0.25, 0.3) is 0 Å². The molecule has 8 heteroatoms. The summed E-state index contributed by atoms with van der Waals surface area (Å²) in [5.74, 6) is -0.294. The van der Waals surface area contributed by atoms with Crippen LogP contribution in [0.5, 0.6) is 5.75 Å². The van der Waals surface area contributed by atoms with Gasteiger partial charge in [0.15, 0.2) is 6.61 Å². The summed E-state index contributed by atoms with van der Waals surface area (Å²) in [4.78, 5) is 50.6. The number of carbonyl (C=O) groups excluding carboxylic acids is 4. The highest BCUT2D eigenvalue weighted by Gasteiger charge is 2.32. The Morgan fingerprint density at radius 1 is 0.900 bits per heavy atom. The Labute approximate surface area is 237 Å².